The number of hydrogen-bond donors (Lipinski definition) is 0. The van der Waals surface area contributed by atoms with Crippen LogP contribution >= 0.6 is 0 Å². The predicted molar refractivity (Wildman–Crippen MR) is 159 cm³/mol. The van der Waals surface area contributed by atoms with Gasteiger partial charge in [-0.15, -0.1) is 13.2 Å². The minimum absolute atomic E-state index is 0. The standard InChI is InChI=1S/C3H8.6C2H6N.C2H4.4CH4N.2Ta/c7*1-3-2;5*1-2;;/h3H2,1-2H3;6*1-2H3;1-2H2;4*2H,1H3;;/q;6*-1;;4*-1;2*+5. The van der Waals surface area contributed by atoms with Crippen LogP contribution in [-0.4, -0.2) is 113 Å². The maximum absolute atomic E-state index is 5.75. The Bertz CT molecular complexity index is 67.4. The molecule has 33 heavy (non-hydrogen) atoms. The molecule has 0 aromatic carbocycles. The Hall–Kier alpha value is 0.821. The van der Waals surface area contributed by atoms with E-state index >= 15 is 0 Å². The van der Waals surface area contributed by atoms with Crippen LogP contribution in [0.15, 0.2) is 13.2 Å². The molecule has 0 heterocycles. The van der Waals surface area contributed by atoms with Crippen LogP contribution in [0.25, 0.3) is 54.8 Å². The van der Waals surface area contributed by atoms with E-state index in [4.69, 9.17) is 22.9 Å². The third kappa shape index (κ3) is 46300. The number of rotatable bonds is 0. The second-order valence-electron chi connectivity index (χ2n) is 3.39. The van der Waals surface area contributed by atoms with Gasteiger partial charge in [-0.1, -0.05) is 20.3 Å². The molecule has 0 aliphatic heterocycles. The van der Waals surface area contributed by atoms with Gasteiger partial charge in [-0.3, -0.25) is 0 Å². The SMILES string of the molecule is C=C.CCC.C[N-]C.C[N-]C.C[N-]C.C[N-]C.C[N-]C.C[N-]C.C[NH-].C[NH-].C[NH-].C[NH-].[Ta+5].[Ta+5]. The molecule has 0 saturated carbocycles. The topological polar surface area (TPSA) is 180 Å². The van der Waals surface area contributed by atoms with Crippen molar-refractivity contribution in [3.8, 4) is 0 Å². The van der Waals surface area contributed by atoms with Gasteiger partial charge >= 0.3 is 44.8 Å². The average molecular weight is 819 g/mol. The van der Waals surface area contributed by atoms with Gasteiger partial charge in [0.1, 0.15) is 0 Å². The van der Waals surface area contributed by atoms with Crippen molar-refractivity contribution in [3.63, 3.8) is 0 Å². The Labute approximate surface area is 244 Å². The third-order valence-electron chi connectivity index (χ3n) is 0. The van der Waals surface area contributed by atoms with Crippen molar-refractivity contribution in [3.05, 3.63) is 68.0 Å². The summed E-state index contributed by atoms with van der Waals surface area (Å²) in [6.07, 6.45) is 1.25. The van der Waals surface area contributed by atoms with Crippen molar-refractivity contribution < 1.29 is 44.8 Å². The van der Waals surface area contributed by atoms with Gasteiger partial charge in [0.15, 0.2) is 0 Å². The van der Waals surface area contributed by atoms with Gasteiger partial charge in [-0.05, 0) is 0 Å². The van der Waals surface area contributed by atoms with Crippen LogP contribution in [0.4, 0.5) is 0 Å². The molecule has 208 valence electrons. The summed E-state index contributed by atoms with van der Waals surface area (Å²) in [6, 6.07) is 0. The quantitative estimate of drug-likeness (QED) is 0.213. The molecule has 0 aromatic rings. The fraction of sp³-hybridized carbons (Fsp3) is 0.905. The minimum Gasteiger partial charge on any atom is -0.680 e. The summed E-state index contributed by atoms with van der Waals surface area (Å²) in [5.74, 6) is 0. The summed E-state index contributed by atoms with van der Waals surface area (Å²) >= 11 is 0. The maximum atomic E-state index is 5.75. The molecule has 4 N–H and O–H groups in total. The molecule has 0 spiro atoms. The Balaban J connectivity index is -0.00000000994. The minimum atomic E-state index is 0. The molecule has 0 aliphatic carbocycles. The molecule has 0 radical (unpaired) electrons. The largest absolute Gasteiger partial charge is 5.00 e. The van der Waals surface area contributed by atoms with Gasteiger partial charge in [-0.2, -0.15) is 113 Å². The molecule has 0 unspecified atom stereocenters. The van der Waals surface area contributed by atoms with E-state index in [1.165, 1.54) is 34.6 Å². The third-order valence-corrected chi connectivity index (χ3v) is 0. The molecule has 0 rings (SSSR count). The first-order valence-electron chi connectivity index (χ1n) is 9.28. The summed E-state index contributed by atoms with van der Waals surface area (Å²) in [5, 5.41) is 21.0. The molecule has 0 aromatic heterocycles. The normalized spacial score (nSPS) is 4.67. The van der Waals surface area contributed by atoms with Crippen molar-refractivity contribution in [2.75, 3.05) is 113 Å². The van der Waals surface area contributed by atoms with Crippen LogP contribution in [0.2, 0.25) is 0 Å². The van der Waals surface area contributed by atoms with Gasteiger partial charge < -0.3 is 54.8 Å². The molecular weight excluding hydrogens is 754 g/mol. The van der Waals surface area contributed by atoms with Gasteiger partial charge in [-0.25, -0.2) is 0 Å². The molecule has 0 bridgehead atoms. The first-order chi connectivity index (χ1) is 14.9. The zero-order valence-corrected chi connectivity index (χ0v) is 32.1. The van der Waals surface area contributed by atoms with Crippen LogP contribution in [0, 0.1) is 0 Å². The second kappa shape index (κ2) is 543. The Morgan fingerprint density at radius 2 is 0.364 bits per heavy atom. The first kappa shape index (κ1) is 92.7. The van der Waals surface area contributed by atoms with Crippen molar-refractivity contribution in [2.45, 2.75) is 20.3 Å². The Morgan fingerprint density at radius 1 is 0.364 bits per heavy atom. The summed E-state index contributed by atoms with van der Waals surface area (Å²) in [6.45, 7) is 10.2. The smallest absolute Gasteiger partial charge is 0.680 e. The molecule has 0 saturated heterocycles. The van der Waals surface area contributed by atoms with Crippen molar-refractivity contribution in [2.24, 2.45) is 0 Å². The van der Waals surface area contributed by atoms with Gasteiger partial charge in [0.05, 0.1) is 0 Å². The molecule has 0 atom stereocenters. The predicted octanol–water partition coefficient (Wildman–Crippen LogP) is 8.61. The van der Waals surface area contributed by atoms with Crippen LogP contribution < -0.4 is 0 Å². The number of hydrogen-bond acceptors (Lipinski definition) is 0. The fourth-order valence-corrected chi connectivity index (χ4v) is 0. The molecule has 0 amide bonds. The van der Waals surface area contributed by atoms with Crippen molar-refractivity contribution in [1.29, 1.82) is 0 Å². The maximum Gasteiger partial charge on any atom is 5.00 e. The van der Waals surface area contributed by atoms with E-state index in [0.29, 0.717) is 0 Å². The number of nitrogens with one attached hydrogen (secondary N) is 4. The molecule has 0 aliphatic rings. The summed E-state index contributed by atoms with van der Waals surface area (Å²) < 4.78 is 0. The van der Waals surface area contributed by atoms with Gasteiger partial charge in [0, 0.05) is 0 Å². The fourth-order valence-electron chi connectivity index (χ4n) is 0. The summed E-state index contributed by atoms with van der Waals surface area (Å²) in [7, 11) is 26.0. The Morgan fingerprint density at radius 3 is 0.364 bits per heavy atom. The van der Waals surface area contributed by atoms with Crippen LogP contribution in [0.5, 0.6) is 0 Å². The van der Waals surface area contributed by atoms with Crippen molar-refractivity contribution >= 4 is 0 Å². The van der Waals surface area contributed by atoms with E-state index in [0.717, 1.165) is 0 Å². The molecular formula is C21H64N10Ta2. The van der Waals surface area contributed by atoms with E-state index in [2.05, 4.69) is 58.9 Å². The zero-order valence-electron chi connectivity index (χ0n) is 25.7. The van der Waals surface area contributed by atoms with E-state index in [9.17, 15) is 0 Å². The average Bonchev–Trinajstić information content (AvgIpc) is 2.79. The summed E-state index contributed by atoms with van der Waals surface area (Å²) in [4.78, 5) is 0. The van der Waals surface area contributed by atoms with Crippen LogP contribution in [0.3, 0.4) is 0 Å². The zero-order chi connectivity index (χ0) is 28.9. The van der Waals surface area contributed by atoms with Crippen LogP contribution in [0.1, 0.15) is 20.3 Å². The van der Waals surface area contributed by atoms with Crippen LogP contribution in [-0.2, 0) is 44.8 Å². The second-order valence-corrected chi connectivity index (χ2v) is 3.39. The molecule has 12 heteroatoms. The van der Waals surface area contributed by atoms with E-state index < -0.39 is 0 Å². The summed E-state index contributed by atoms with van der Waals surface area (Å²) in [5.41, 5.74) is 23.0. The molecule has 0 fully saturated rings. The monoisotopic (exact) mass is 818 g/mol. The van der Waals surface area contributed by atoms with E-state index in [1.54, 1.807) is 84.6 Å². The van der Waals surface area contributed by atoms with E-state index in [1.807, 2.05) is 0 Å². The number of nitrogens with zero attached hydrogens (tertiary/aromatic N) is 6. The van der Waals surface area contributed by atoms with Gasteiger partial charge in [0.25, 0.3) is 0 Å². The molecule has 10 nitrogen and oxygen atoms in total. The van der Waals surface area contributed by atoms with E-state index in [-0.39, 0.29) is 44.8 Å². The Kier molecular flexibility index (Phi) is 1530. The van der Waals surface area contributed by atoms with Gasteiger partial charge in [0.2, 0.25) is 0 Å². The first-order valence-corrected chi connectivity index (χ1v) is 9.28. The van der Waals surface area contributed by atoms with Crippen molar-refractivity contribution in [1.82, 2.24) is 0 Å².